The maximum absolute atomic E-state index is 12.3. The number of hydrogen-bond donors (Lipinski definition) is 0. The van der Waals surface area contributed by atoms with Crippen molar-refractivity contribution < 1.29 is 19.1 Å². The van der Waals surface area contributed by atoms with Gasteiger partial charge >= 0.3 is 5.97 Å². The first-order chi connectivity index (χ1) is 14.5. The van der Waals surface area contributed by atoms with E-state index in [1.54, 1.807) is 67.0 Å². The number of benzene rings is 2. The van der Waals surface area contributed by atoms with E-state index in [2.05, 4.69) is 10.1 Å². The zero-order valence-electron chi connectivity index (χ0n) is 15.9. The standard InChI is InChI=1S/C22H16ClN3O4/c1-14(27)26-21(30-20(25-26)15-9-11-24-12-10-15)16-5-7-19(8-6-16)29-22(28)17-3-2-4-18(23)13-17/h2-13,21H,1H3. The van der Waals surface area contributed by atoms with Gasteiger partial charge in [0.15, 0.2) is 0 Å². The Hall–Kier alpha value is -3.71. The van der Waals surface area contributed by atoms with E-state index in [1.165, 1.54) is 18.0 Å². The summed E-state index contributed by atoms with van der Waals surface area (Å²) >= 11 is 5.91. The number of ether oxygens (including phenoxy) is 2. The summed E-state index contributed by atoms with van der Waals surface area (Å²) in [6.45, 7) is 1.41. The first kappa shape index (κ1) is 19.6. The van der Waals surface area contributed by atoms with Crippen LogP contribution in [0.4, 0.5) is 0 Å². The molecule has 8 heteroatoms. The summed E-state index contributed by atoms with van der Waals surface area (Å²) in [6, 6.07) is 16.7. The molecule has 1 unspecified atom stereocenters. The van der Waals surface area contributed by atoms with Crippen LogP contribution >= 0.6 is 11.6 Å². The van der Waals surface area contributed by atoms with Gasteiger partial charge in [-0.2, -0.15) is 5.01 Å². The van der Waals surface area contributed by atoms with E-state index in [0.29, 0.717) is 33.4 Å². The Morgan fingerprint density at radius 1 is 1.07 bits per heavy atom. The molecule has 0 fully saturated rings. The molecule has 0 saturated carbocycles. The van der Waals surface area contributed by atoms with Gasteiger partial charge < -0.3 is 9.47 Å². The number of amides is 1. The summed E-state index contributed by atoms with van der Waals surface area (Å²) < 4.78 is 11.3. The van der Waals surface area contributed by atoms with Gasteiger partial charge in [-0.15, -0.1) is 5.10 Å². The van der Waals surface area contributed by atoms with Crippen molar-refractivity contribution in [1.82, 2.24) is 9.99 Å². The van der Waals surface area contributed by atoms with Gasteiger partial charge in [0.05, 0.1) is 5.56 Å². The lowest BCUT2D eigenvalue weighted by molar-refractivity contribution is -0.135. The Morgan fingerprint density at radius 3 is 2.47 bits per heavy atom. The fraction of sp³-hybridized carbons (Fsp3) is 0.0909. The van der Waals surface area contributed by atoms with Crippen molar-refractivity contribution in [2.24, 2.45) is 5.10 Å². The van der Waals surface area contributed by atoms with Crippen molar-refractivity contribution in [3.8, 4) is 5.75 Å². The highest BCUT2D eigenvalue weighted by Crippen LogP contribution is 2.31. The first-order valence-corrected chi connectivity index (χ1v) is 9.42. The Morgan fingerprint density at radius 2 is 1.80 bits per heavy atom. The Balaban J connectivity index is 1.50. The minimum Gasteiger partial charge on any atom is -0.446 e. The molecule has 3 aromatic rings. The van der Waals surface area contributed by atoms with E-state index < -0.39 is 12.2 Å². The molecule has 0 bridgehead atoms. The van der Waals surface area contributed by atoms with Crippen LogP contribution in [0, 0.1) is 0 Å². The number of hydrogen-bond acceptors (Lipinski definition) is 6. The third kappa shape index (κ3) is 4.16. The largest absolute Gasteiger partial charge is 0.446 e. The lowest BCUT2D eigenvalue weighted by Crippen LogP contribution is -2.25. The molecule has 0 N–H and O–H groups in total. The number of rotatable bonds is 4. The molecule has 150 valence electrons. The summed E-state index contributed by atoms with van der Waals surface area (Å²) in [6.07, 6.45) is 2.52. The second-order valence-electron chi connectivity index (χ2n) is 6.44. The third-order valence-corrected chi connectivity index (χ3v) is 4.57. The highest BCUT2D eigenvalue weighted by Gasteiger charge is 2.33. The zero-order chi connectivity index (χ0) is 21.1. The van der Waals surface area contributed by atoms with Crippen LogP contribution in [-0.2, 0) is 9.53 Å². The number of nitrogens with zero attached hydrogens (tertiary/aromatic N) is 3. The van der Waals surface area contributed by atoms with Gasteiger partial charge in [0.1, 0.15) is 5.75 Å². The predicted octanol–water partition coefficient (Wildman–Crippen LogP) is 4.19. The Labute approximate surface area is 177 Å². The van der Waals surface area contributed by atoms with Gasteiger partial charge in [-0.1, -0.05) is 17.7 Å². The highest BCUT2D eigenvalue weighted by atomic mass is 35.5. The normalized spacial score (nSPS) is 15.3. The van der Waals surface area contributed by atoms with Gasteiger partial charge in [0, 0.05) is 35.5 Å². The van der Waals surface area contributed by atoms with E-state index in [4.69, 9.17) is 21.1 Å². The number of hydrazone groups is 1. The molecular weight excluding hydrogens is 406 g/mol. The van der Waals surface area contributed by atoms with Crippen molar-refractivity contribution in [3.05, 3.63) is 94.8 Å². The summed E-state index contributed by atoms with van der Waals surface area (Å²) in [5.74, 6) is -0.100. The SMILES string of the molecule is CC(=O)N1N=C(c2ccncc2)OC1c1ccc(OC(=O)c2cccc(Cl)c2)cc1. The van der Waals surface area contributed by atoms with E-state index in [-0.39, 0.29) is 5.91 Å². The third-order valence-electron chi connectivity index (χ3n) is 4.33. The molecule has 1 atom stereocenters. The predicted molar refractivity (Wildman–Crippen MR) is 110 cm³/mol. The number of esters is 1. The smallest absolute Gasteiger partial charge is 0.343 e. The van der Waals surface area contributed by atoms with E-state index in [1.807, 2.05) is 0 Å². The number of carbonyl (C=O) groups is 2. The maximum atomic E-state index is 12.3. The van der Waals surface area contributed by atoms with Crippen molar-refractivity contribution in [2.45, 2.75) is 13.2 Å². The van der Waals surface area contributed by atoms with Crippen LogP contribution in [0.3, 0.4) is 0 Å². The van der Waals surface area contributed by atoms with Crippen molar-refractivity contribution in [1.29, 1.82) is 0 Å². The van der Waals surface area contributed by atoms with Crippen LogP contribution in [0.2, 0.25) is 5.02 Å². The van der Waals surface area contributed by atoms with Crippen molar-refractivity contribution >= 4 is 29.4 Å². The molecular formula is C22H16ClN3O4. The second-order valence-corrected chi connectivity index (χ2v) is 6.88. The molecule has 0 spiro atoms. The topological polar surface area (TPSA) is 81.1 Å². The molecule has 0 saturated heterocycles. The zero-order valence-corrected chi connectivity index (χ0v) is 16.6. The summed E-state index contributed by atoms with van der Waals surface area (Å²) in [5, 5.41) is 6.00. The average Bonchev–Trinajstić information content (AvgIpc) is 3.21. The Bertz CT molecular complexity index is 1120. The lowest BCUT2D eigenvalue weighted by atomic mass is 10.2. The molecule has 1 aliphatic heterocycles. The molecule has 0 radical (unpaired) electrons. The Kier molecular flexibility index (Phi) is 5.45. The van der Waals surface area contributed by atoms with E-state index >= 15 is 0 Å². The van der Waals surface area contributed by atoms with Gasteiger partial charge in [-0.05, 0) is 54.6 Å². The van der Waals surface area contributed by atoms with Crippen LogP contribution in [0.15, 0.2) is 78.2 Å². The quantitative estimate of drug-likeness (QED) is 0.466. The van der Waals surface area contributed by atoms with Crippen LogP contribution in [0.25, 0.3) is 0 Å². The molecule has 0 aliphatic carbocycles. The molecule has 1 amide bonds. The van der Waals surface area contributed by atoms with E-state index in [9.17, 15) is 9.59 Å². The molecule has 2 heterocycles. The van der Waals surface area contributed by atoms with Gasteiger partial charge in [-0.3, -0.25) is 9.78 Å². The first-order valence-electron chi connectivity index (χ1n) is 9.04. The molecule has 4 rings (SSSR count). The number of aromatic nitrogens is 1. The second kappa shape index (κ2) is 8.34. The number of carbonyl (C=O) groups excluding carboxylic acids is 2. The maximum Gasteiger partial charge on any atom is 0.343 e. The summed E-state index contributed by atoms with van der Waals surface area (Å²) in [5.41, 5.74) is 1.75. The molecule has 1 aromatic heterocycles. The molecule has 2 aromatic carbocycles. The van der Waals surface area contributed by atoms with Crippen LogP contribution < -0.4 is 4.74 Å². The molecule has 1 aliphatic rings. The fourth-order valence-corrected chi connectivity index (χ4v) is 3.07. The van der Waals surface area contributed by atoms with Gasteiger partial charge in [0.25, 0.3) is 0 Å². The van der Waals surface area contributed by atoms with Crippen molar-refractivity contribution in [2.75, 3.05) is 0 Å². The lowest BCUT2D eigenvalue weighted by Gasteiger charge is -2.19. The van der Waals surface area contributed by atoms with Crippen molar-refractivity contribution in [3.63, 3.8) is 0 Å². The molecule has 30 heavy (non-hydrogen) atoms. The summed E-state index contributed by atoms with van der Waals surface area (Å²) in [7, 11) is 0. The summed E-state index contributed by atoms with van der Waals surface area (Å²) in [4.78, 5) is 28.3. The van der Waals surface area contributed by atoms with E-state index in [0.717, 1.165) is 0 Å². The van der Waals surface area contributed by atoms with Crippen LogP contribution in [-0.4, -0.2) is 27.8 Å². The van der Waals surface area contributed by atoms with Crippen LogP contribution in [0.1, 0.15) is 34.6 Å². The van der Waals surface area contributed by atoms with Gasteiger partial charge in [0.2, 0.25) is 18.0 Å². The van der Waals surface area contributed by atoms with Crippen LogP contribution in [0.5, 0.6) is 5.75 Å². The number of pyridine rings is 1. The number of halogens is 1. The van der Waals surface area contributed by atoms with Gasteiger partial charge in [-0.25, -0.2) is 4.79 Å². The fourth-order valence-electron chi connectivity index (χ4n) is 2.88. The minimum atomic E-state index is -0.719. The average molecular weight is 422 g/mol. The minimum absolute atomic E-state index is 0.263. The monoisotopic (exact) mass is 421 g/mol. The highest BCUT2D eigenvalue weighted by molar-refractivity contribution is 6.30. The molecule has 7 nitrogen and oxygen atoms in total.